The van der Waals surface area contributed by atoms with Crippen LogP contribution in [-0.4, -0.2) is 44.1 Å². The quantitative estimate of drug-likeness (QED) is 0.605. The molecule has 148 valence electrons. The monoisotopic (exact) mass is 374 g/mol. The number of carbonyl (C=O) groups is 1. The fourth-order valence-corrected chi connectivity index (χ4v) is 3.32. The van der Waals surface area contributed by atoms with Crippen molar-refractivity contribution in [1.82, 2.24) is 5.32 Å². The first kappa shape index (κ1) is 19.8. The van der Waals surface area contributed by atoms with Crippen LogP contribution in [0.2, 0.25) is 0 Å². The van der Waals surface area contributed by atoms with E-state index in [2.05, 4.69) is 22.6 Å². The van der Waals surface area contributed by atoms with Crippen LogP contribution >= 0.6 is 0 Å². The van der Waals surface area contributed by atoms with Crippen LogP contribution < -0.4 is 5.32 Å². The van der Waals surface area contributed by atoms with Gasteiger partial charge in [0.25, 0.3) is 5.91 Å². The van der Waals surface area contributed by atoms with Crippen LogP contribution in [0.4, 0.5) is 0 Å². The molecule has 27 heavy (non-hydrogen) atoms. The highest BCUT2D eigenvalue weighted by Gasteiger charge is 2.26. The molecule has 2 atom stereocenters. The molecule has 0 bridgehead atoms. The van der Waals surface area contributed by atoms with Gasteiger partial charge in [-0.05, 0) is 31.2 Å². The van der Waals surface area contributed by atoms with Gasteiger partial charge in [0.2, 0.25) is 0 Å². The zero-order valence-corrected chi connectivity index (χ0v) is 15.9. The normalized spacial score (nSPS) is 21.7. The van der Waals surface area contributed by atoms with Gasteiger partial charge < -0.3 is 19.6 Å². The van der Waals surface area contributed by atoms with Gasteiger partial charge in [0.1, 0.15) is 11.8 Å². The molecule has 0 aliphatic carbocycles. The fraction of sp³-hybridized carbons (Fsp3) is 0.619. The molecule has 2 unspecified atom stereocenters. The first-order valence-corrected chi connectivity index (χ1v) is 10.0. The van der Waals surface area contributed by atoms with Crippen LogP contribution in [-0.2, 0) is 25.7 Å². The molecular formula is C21H30N2O4. The summed E-state index contributed by atoms with van der Waals surface area (Å²) in [6.45, 7) is 3.64. The molecule has 2 heterocycles. The van der Waals surface area contributed by atoms with Crippen molar-refractivity contribution in [3.8, 4) is 0 Å². The Morgan fingerprint density at radius 1 is 1.22 bits per heavy atom. The van der Waals surface area contributed by atoms with Crippen molar-refractivity contribution in [3.63, 3.8) is 0 Å². The molecule has 1 N–H and O–H groups in total. The highest BCUT2D eigenvalue weighted by molar-refractivity contribution is 6.39. The third-order valence-electron chi connectivity index (χ3n) is 5.00. The average Bonchev–Trinajstić information content (AvgIpc) is 3.38. The van der Waals surface area contributed by atoms with E-state index in [0.717, 1.165) is 51.9 Å². The Morgan fingerprint density at radius 2 is 2.11 bits per heavy atom. The Labute approximate surface area is 161 Å². The van der Waals surface area contributed by atoms with Crippen molar-refractivity contribution in [3.05, 3.63) is 35.9 Å². The van der Waals surface area contributed by atoms with Gasteiger partial charge >= 0.3 is 0 Å². The summed E-state index contributed by atoms with van der Waals surface area (Å²) < 4.78 is 11.0. The van der Waals surface area contributed by atoms with E-state index in [9.17, 15) is 4.79 Å². The molecule has 0 radical (unpaired) electrons. The number of nitrogens with zero attached hydrogens (tertiary/aromatic N) is 1. The Balaban J connectivity index is 1.19. The maximum Gasteiger partial charge on any atom is 0.269 e. The van der Waals surface area contributed by atoms with Crippen LogP contribution in [0.3, 0.4) is 0 Å². The van der Waals surface area contributed by atoms with Crippen LogP contribution in [0, 0.1) is 5.92 Å². The lowest BCUT2D eigenvalue weighted by Crippen LogP contribution is -2.34. The Bertz CT molecular complexity index is 599. The molecule has 1 fully saturated rings. The molecule has 2 aliphatic rings. The number of hydrogen-bond donors (Lipinski definition) is 1. The summed E-state index contributed by atoms with van der Waals surface area (Å²) in [4.78, 5) is 17.5. The number of nitrogens with one attached hydrogen (secondary N) is 1. The second-order valence-corrected chi connectivity index (χ2v) is 7.30. The SMILES string of the molecule is O=C(NCC1CCOC1)C1=NOC(CCCCCOCc2ccccc2)C1. The van der Waals surface area contributed by atoms with E-state index in [-0.39, 0.29) is 12.0 Å². The molecule has 0 saturated carbocycles. The van der Waals surface area contributed by atoms with E-state index in [1.807, 2.05) is 18.2 Å². The zero-order valence-electron chi connectivity index (χ0n) is 15.9. The maximum atomic E-state index is 12.1. The predicted molar refractivity (Wildman–Crippen MR) is 103 cm³/mol. The molecule has 3 rings (SSSR count). The molecule has 0 spiro atoms. The first-order chi connectivity index (χ1) is 13.3. The van der Waals surface area contributed by atoms with Gasteiger partial charge in [0.05, 0.1) is 13.2 Å². The number of unbranched alkanes of at least 4 members (excludes halogenated alkanes) is 2. The average molecular weight is 374 g/mol. The van der Waals surface area contributed by atoms with Gasteiger partial charge in [-0.2, -0.15) is 0 Å². The summed E-state index contributed by atoms with van der Waals surface area (Å²) in [5.41, 5.74) is 1.73. The number of carbonyl (C=O) groups excluding carboxylic acids is 1. The zero-order chi connectivity index (χ0) is 18.7. The molecule has 1 aromatic rings. The van der Waals surface area contributed by atoms with Gasteiger partial charge in [-0.3, -0.25) is 4.79 Å². The summed E-state index contributed by atoms with van der Waals surface area (Å²) in [5.74, 6) is 0.329. The van der Waals surface area contributed by atoms with Gasteiger partial charge in [-0.15, -0.1) is 0 Å². The van der Waals surface area contributed by atoms with Crippen LogP contribution in [0.5, 0.6) is 0 Å². The summed E-state index contributed by atoms with van der Waals surface area (Å²) in [6, 6.07) is 10.2. The molecule has 0 aromatic heterocycles. The van der Waals surface area contributed by atoms with Gasteiger partial charge in [0, 0.05) is 32.1 Å². The summed E-state index contributed by atoms with van der Waals surface area (Å²) >= 11 is 0. The van der Waals surface area contributed by atoms with E-state index in [1.54, 1.807) is 0 Å². The largest absolute Gasteiger partial charge is 0.392 e. The number of benzene rings is 1. The van der Waals surface area contributed by atoms with Gasteiger partial charge in [0.15, 0.2) is 0 Å². The minimum absolute atomic E-state index is 0.0331. The minimum atomic E-state index is -0.0984. The van der Waals surface area contributed by atoms with Gasteiger partial charge in [-0.1, -0.05) is 41.9 Å². The number of amides is 1. The lowest BCUT2D eigenvalue weighted by Gasteiger charge is -2.09. The van der Waals surface area contributed by atoms with Crippen LogP contribution in [0.1, 0.15) is 44.1 Å². The molecule has 6 nitrogen and oxygen atoms in total. The van der Waals surface area contributed by atoms with Crippen molar-refractivity contribution in [2.75, 3.05) is 26.4 Å². The Kier molecular flexibility index (Phi) is 8.11. The second-order valence-electron chi connectivity index (χ2n) is 7.30. The Hall–Kier alpha value is -1.92. The van der Waals surface area contributed by atoms with Crippen molar-refractivity contribution < 1.29 is 19.1 Å². The van der Waals surface area contributed by atoms with E-state index >= 15 is 0 Å². The van der Waals surface area contributed by atoms with Crippen molar-refractivity contribution in [2.24, 2.45) is 11.1 Å². The van der Waals surface area contributed by atoms with E-state index in [0.29, 0.717) is 31.2 Å². The summed E-state index contributed by atoms with van der Waals surface area (Å²) in [7, 11) is 0. The number of ether oxygens (including phenoxy) is 2. The standard InChI is InChI=1S/C21H30N2O4/c24-21(22-14-18-10-12-26-16-18)20-13-19(27-23-20)9-5-2-6-11-25-15-17-7-3-1-4-8-17/h1,3-4,7-8,18-19H,2,5-6,9-16H2,(H,22,24). The van der Waals surface area contributed by atoms with Crippen LogP contribution in [0.25, 0.3) is 0 Å². The van der Waals surface area contributed by atoms with Crippen molar-refractivity contribution in [1.29, 1.82) is 0 Å². The summed E-state index contributed by atoms with van der Waals surface area (Å²) in [5, 5.41) is 6.92. The summed E-state index contributed by atoms with van der Waals surface area (Å²) in [6.07, 6.45) is 5.78. The van der Waals surface area contributed by atoms with Crippen molar-refractivity contribution >= 4 is 11.6 Å². The Morgan fingerprint density at radius 3 is 2.93 bits per heavy atom. The molecule has 1 saturated heterocycles. The van der Waals surface area contributed by atoms with E-state index in [1.165, 1.54) is 5.56 Å². The predicted octanol–water partition coefficient (Wildman–Crippen LogP) is 3.06. The van der Waals surface area contributed by atoms with Gasteiger partial charge in [-0.25, -0.2) is 0 Å². The third-order valence-corrected chi connectivity index (χ3v) is 5.00. The minimum Gasteiger partial charge on any atom is -0.392 e. The molecule has 2 aliphatic heterocycles. The lowest BCUT2D eigenvalue weighted by molar-refractivity contribution is -0.115. The number of rotatable bonds is 11. The topological polar surface area (TPSA) is 69.2 Å². The number of oxime groups is 1. The number of hydrogen-bond acceptors (Lipinski definition) is 5. The first-order valence-electron chi connectivity index (χ1n) is 10.0. The van der Waals surface area contributed by atoms with Crippen LogP contribution in [0.15, 0.2) is 35.5 Å². The lowest BCUT2D eigenvalue weighted by atomic mass is 10.1. The van der Waals surface area contributed by atoms with E-state index in [4.69, 9.17) is 14.3 Å². The highest BCUT2D eigenvalue weighted by atomic mass is 16.6. The maximum absolute atomic E-state index is 12.1. The highest BCUT2D eigenvalue weighted by Crippen LogP contribution is 2.18. The smallest absolute Gasteiger partial charge is 0.269 e. The molecule has 1 aromatic carbocycles. The van der Waals surface area contributed by atoms with Crippen molar-refractivity contribution in [2.45, 2.75) is 51.2 Å². The molecule has 6 heteroatoms. The van der Waals surface area contributed by atoms with E-state index < -0.39 is 0 Å². The fourth-order valence-electron chi connectivity index (χ4n) is 3.32. The molecular weight excluding hydrogens is 344 g/mol. The third kappa shape index (κ3) is 6.96. The second kappa shape index (κ2) is 11.0. The molecule has 1 amide bonds.